The van der Waals surface area contributed by atoms with E-state index in [0.717, 1.165) is 23.1 Å². The number of hydrogen-bond acceptors (Lipinski definition) is 10. The number of aromatic nitrogens is 2. The van der Waals surface area contributed by atoms with Crippen LogP contribution < -0.4 is 10.6 Å². The molecule has 0 bridgehead atoms. The van der Waals surface area contributed by atoms with E-state index in [2.05, 4.69) is 20.8 Å². The highest BCUT2D eigenvalue weighted by Crippen LogP contribution is 2.25. The van der Waals surface area contributed by atoms with Crippen molar-refractivity contribution in [2.24, 2.45) is 0 Å². The Morgan fingerprint density at radius 2 is 1.96 bits per heavy atom. The van der Waals surface area contributed by atoms with Crippen molar-refractivity contribution in [3.8, 4) is 0 Å². The molecule has 0 radical (unpaired) electrons. The smallest absolute Gasteiger partial charge is 0.325 e. The molecule has 2 rings (SSSR count). The first-order valence-corrected chi connectivity index (χ1v) is 9.63. The third-order valence-corrected chi connectivity index (χ3v) is 5.00. The van der Waals surface area contributed by atoms with Crippen LogP contribution in [0.15, 0.2) is 28.6 Å². The quantitative estimate of drug-likeness (QED) is 0.200. The molecule has 0 atom stereocenters. The van der Waals surface area contributed by atoms with E-state index in [1.165, 1.54) is 24.3 Å². The Hall–Kier alpha value is -3.06. The fourth-order valence-corrected chi connectivity index (χ4v) is 3.36. The van der Waals surface area contributed by atoms with Gasteiger partial charge in [0.1, 0.15) is 6.54 Å². The Balaban J connectivity index is 1.81. The number of amides is 2. The molecule has 2 N–H and O–H groups in total. The van der Waals surface area contributed by atoms with Gasteiger partial charge in [-0.25, -0.2) is 0 Å². The standard InChI is InChI=1S/C15H15N5O6S2/c1-2-26-12(22)7-16-11(21)8-27-15-19-18-14(28-15)17-13(23)9-3-5-10(6-4-9)20(24)25/h3-6H,2,7-8H2,1H3,(H,16,21)(H,17,18,23). The topological polar surface area (TPSA) is 153 Å². The number of hydrogen-bond donors (Lipinski definition) is 2. The zero-order chi connectivity index (χ0) is 20.5. The van der Waals surface area contributed by atoms with Crippen molar-refractivity contribution in [1.82, 2.24) is 15.5 Å². The maximum absolute atomic E-state index is 12.1. The number of thioether (sulfide) groups is 1. The number of carbonyl (C=O) groups is 3. The second kappa shape index (κ2) is 10.3. The zero-order valence-electron chi connectivity index (χ0n) is 14.5. The van der Waals surface area contributed by atoms with Gasteiger partial charge in [0.2, 0.25) is 11.0 Å². The molecule has 0 spiro atoms. The lowest BCUT2D eigenvalue weighted by molar-refractivity contribution is -0.384. The van der Waals surface area contributed by atoms with Crippen LogP contribution in [-0.4, -0.2) is 51.8 Å². The lowest BCUT2D eigenvalue weighted by Gasteiger charge is -2.03. The van der Waals surface area contributed by atoms with Crippen molar-refractivity contribution < 1.29 is 24.0 Å². The van der Waals surface area contributed by atoms with E-state index in [-0.39, 0.29) is 41.2 Å². The Labute approximate surface area is 167 Å². The van der Waals surface area contributed by atoms with Crippen molar-refractivity contribution in [3.05, 3.63) is 39.9 Å². The van der Waals surface area contributed by atoms with Gasteiger partial charge in [-0.05, 0) is 19.1 Å². The van der Waals surface area contributed by atoms with E-state index in [0.29, 0.717) is 4.34 Å². The molecule has 0 saturated carbocycles. The normalized spacial score (nSPS) is 10.2. The van der Waals surface area contributed by atoms with Crippen LogP contribution in [0.4, 0.5) is 10.8 Å². The Bertz CT molecular complexity index is 870. The largest absolute Gasteiger partial charge is 0.465 e. The van der Waals surface area contributed by atoms with Crippen LogP contribution in [0, 0.1) is 10.1 Å². The molecule has 0 fully saturated rings. The molecule has 11 nitrogen and oxygen atoms in total. The fraction of sp³-hybridized carbons (Fsp3) is 0.267. The van der Waals surface area contributed by atoms with Gasteiger partial charge in [0.15, 0.2) is 4.34 Å². The van der Waals surface area contributed by atoms with Crippen LogP contribution in [0.5, 0.6) is 0 Å². The summed E-state index contributed by atoms with van der Waals surface area (Å²) in [5.74, 6) is -1.36. The molecule has 13 heteroatoms. The molecule has 0 aliphatic heterocycles. The highest BCUT2D eigenvalue weighted by molar-refractivity contribution is 8.01. The van der Waals surface area contributed by atoms with Gasteiger partial charge in [0, 0.05) is 17.7 Å². The van der Waals surface area contributed by atoms with Crippen molar-refractivity contribution in [1.29, 1.82) is 0 Å². The van der Waals surface area contributed by atoms with E-state index in [1.807, 2.05) is 0 Å². The number of nitrogens with one attached hydrogen (secondary N) is 2. The molecule has 2 amide bonds. The second-order valence-corrected chi connectivity index (χ2v) is 7.20. The molecule has 1 aromatic carbocycles. The van der Waals surface area contributed by atoms with Crippen LogP contribution in [0.2, 0.25) is 0 Å². The summed E-state index contributed by atoms with van der Waals surface area (Å²) < 4.78 is 5.15. The third-order valence-electron chi connectivity index (χ3n) is 3.03. The number of ether oxygens (including phenoxy) is 1. The molecule has 0 unspecified atom stereocenters. The van der Waals surface area contributed by atoms with Gasteiger partial charge in [0.25, 0.3) is 11.6 Å². The predicted molar refractivity (Wildman–Crippen MR) is 101 cm³/mol. The number of non-ortho nitro benzene ring substituents is 1. The van der Waals surface area contributed by atoms with Crippen molar-refractivity contribution in [2.45, 2.75) is 11.3 Å². The van der Waals surface area contributed by atoms with E-state index in [4.69, 9.17) is 4.74 Å². The average Bonchev–Trinajstić information content (AvgIpc) is 3.12. The van der Waals surface area contributed by atoms with Crippen LogP contribution in [0.25, 0.3) is 0 Å². The number of nitro benzene ring substituents is 1. The second-order valence-electron chi connectivity index (χ2n) is 5.00. The molecule has 2 aromatic rings. The van der Waals surface area contributed by atoms with Gasteiger partial charge in [-0.1, -0.05) is 23.1 Å². The average molecular weight is 425 g/mol. The van der Waals surface area contributed by atoms with Crippen LogP contribution in [-0.2, 0) is 14.3 Å². The molecular formula is C15H15N5O6S2. The van der Waals surface area contributed by atoms with Crippen molar-refractivity contribution >= 4 is 51.7 Å². The zero-order valence-corrected chi connectivity index (χ0v) is 16.2. The molecule has 1 aromatic heterocycles. The first-order chi connectivity index (χ1) is 13.4. The van der Waals surface area contributed by atoms with Gasteiger partial charge >= 0.3 is 5.97 Å². The number of esters is 1. The van der Waals surface area contributed by atoms with E-state index < -0.39 is 16.8 Å². The number of carbonyl (C=O) groups excluding carboxylic acids is 3. The minimum Gasteiger partial charge on any atom is -0.465 e. The lowest BCUT2D eigenvalue weighted by atomic mass is 10.2. The van der Waals surface area contributed by atoms with Crippen LogP contribution in [0.1, 0.15) is 17.3 Å². The van der Waals surface area contributed by atoms with Crippen LogP contribution in [0.3, 0.4) is 0 Å². The predicted octanol–water partition coefficient (Wildman–Crippen LogP) is 1.47. The number of nitrogens with zero attached hydrogens (tertiary/aromatic N) is 3. The van der Waals surface area contributed by atoms with E-state index in [1.54, 1.807) is 6.92 Å². The Morgan fingerprint density at radius 3 is 2.61 bits per heavy atom. The maximum atomic E-state index is 12.1. The number of anilines is 1. The first-order valence-electron chi connectivity index (χ1n) is 7.83. The highest BCUT2D eigenvalue weighted by atomic mass is 32.2. The highest BCUT2D eigenvalue weighted by Gasteiger charge is 2.14. The minimum atomic E-state index is -0.557. The van der Waals surface area contributed by atoms with Gasteiger partial charge in [-0.3, -0.25) is 29.8 Å². The molecule has 28 heavy (non-hydrogen) atoms. The summed E-state index contributed by atoms with van der Waals surface area (Å²) in [6, 6.07) is 5.12. The molecule has 0 aliphatic rings. The van der Waals surface area contributed by atoms with Gasteiger partial charge in [0.05, 0.1) is 17.3 Å². The van der Waals surface area contributed by atoms with Gasteiger partial charge < -0.3 is 10.1 Å². The van der Waals surface area contributed by atoms with Gasteiger partial charge in [-0.15, -0.1) is 10.2 Å². The minimum absolute atomic E-state index is 0.0182. The molecular weight excluding hydrogens is 410 g/mol. The first kappa shape index (κ1) is 21.2. The molecule has 0 saturated heterocycles. The summed E-state index contributed by atoms with van der Waals surface area (Å²) in [6.45, 7) is 1.70. The number of benzene rings is 1. The summed E-state index contributed by atoms with van der Waals surface area (Å²) in [5, 5.41) is 23.4. The summed E-state index contributed by atoms with van der Waals surface area (Å²) in [4.78, 5) is 45.0. The monoisotopic (exact) mass is 425 g/mol. The third kappa shape index (κ3) is 6.59. The maximum Gasteiger partial charge on any atom is 0.325 e. The molecule has 0 aliphatic carbocycles. The summed E-state index contributed by atoms with van der Waals surface area (Å²) in [5.41, 5.74) is 0.112. The van der Waals surface area contributed by atoms with Crippen molar-refractivity contribution in [3.63, 3.8) is 0 Å². The van der Waals surface area contributed by atoms with Crippen molar-refractivity contribution in [2.75, 3.05) is 24.2 Å². The summed E-state index contributed by atoms with van der Waals surface area (Å²) >= 11 is 2.16. The Kier molecular flexibility index (Phi) is 7.83. The molecule has 148 valence electrons. The summed E-state index contributed by atoms with van der Waals surface area (Å²) in [6.07, 6.45) is 0. The Morgan fingerprint density at radius 1 is 1.25 bits per heavy atom. The van der Waals surface area contributed by atoms with Gasteiger partial charge in [-0.2, -0.15) is 0 Å². The molecule has 1 heterocycles. The summed E-state index contributed by atoms with van der Waals surface area (Å²) in [7, 11) is 0. The van der Waals surface area contributed by atoms with E-state index in [9.17, 15) is 24.5 Å². The number of rotatable bonds is 9. The SMILES string of the molecule is CCOC(=O)CNC(=O)CSc1nnc(NC(=O)c2ccc([N+](=O)[O-])cc2)s1. The lowest BCUT2D eigenvalue weighted by Crippen LogP contribution is -2.31. The van der Waals surface area contributed by atoms with E-state index >= 15 is 0 Å². The number of nitro groups is 1. The van der Waals surface area contributed by atoms with Crippen LogP contribution >= 0.6 is 23.1 Å². The fourth-order valence-electron chi connectivity index (χ4n) is 1.78.